The topological polar surface area (TPSA) is 0 Å². The second-order valence-corrected chi connectivity index (χ2v) is 11.5. The Morgan fingerprint density at radius 1 is 0.412 bits per heavy atom. The predicted molar refractivity (Wildman–Crippen MR) is 153 cm³/mol. The molecule has 0 atom stereocenters. The van der Waals surface area contributed by atoms with Gasteiger partial charge < -0.3 is 21.5 Å². The molecule has 0 heterocycles. The minimum atomic E-state index is 0. The SMILES string of the molecule is CCCCC(CC)(CCCC)C(CCCC)(CCCC)[N+](CCCC)(CCCC)CCCC.[Br-]. The molecule has 0 aliphatic heterocycles. The summed E-state index contributed by atoms with van der Waals surface area (Å²) in [5.74, 6) is 0. The summed E-state index contributed by atoms with van der Waals surface area (Å²) >= 11 is 0. The van der Waals surface area contributed by atoms with Crippen molar-refractivity contribution in [2.45, 2.75) is 183 Å². The van der Waals surface area contributed by atoms with E-state index in [0.717, 1.165) is 0 Å². The van der Waals surface area contributed by atoms with Crippen LogP contribution in [0.2, 0.25) is 0 Å². The van der Waals surface area contributed by atoms with Crippen molar-refractivity contribution in [1.29, 1.82) is 0 Å². The highest BCUT2D eigenvalue weighted by Gasteiger charge is 2.60. The highest BCUT2D eigenvalue weighted by Crippen LogP contribution is 2.56. The Labute approximate surface area is 229 Å². The monoisotopic (exact) mass is 545 g/mol. The zero-order valence-electron chi connectivity index (χ0n) is 25.4. The van der Waals surface area contributed by atoms with Gasteiger partial charge in [-0.15, -0.1) is 0 Å². The highest BCUT2D eigenvalue weighted by atomic mass is 79.9. The number of hydrogen-bond donors (Lipinski definition) is 0. The molecule has 0 rings (SSSR count). The lowest BCUT2D eigenvalue weighted by Gasteiger charge is -2.63. The van der Waals surface area contributed by atoms with Crippen LogP contribution in [0.4, 0.5) is 0 Å². The molecular weight excluding hydrogens is 478 g/mol. The van der Waals surface area contributed by atoms with Crippen LogP contribution in [-0.4, -0.2) is 29.7 Å². The molecule has 34 heavy (non-hydrogen) atoms. The van der Waals surface area contributed by atoms with Crippen molar-refractivity contribution in [1.82, 2.24) is 0 Å². The summed E-state index contributed by atoms with van der Waals surface area (Å²) in [5, 5.41) is 0. The van der Waals surface area contributed by atoms with Gasteiger partial charge in [0.25, 0.3) is 0 Å². The Morgan fingerprint density at radius 2 is 0.706 bits per heavy atom. The summed E-state index contributed by atoms with van der Waals surface area (Å²) in [7, 11) is 0. The standard InChI is InChI=1S/C32H68N.BrH/c1-9-17-24-31(16-8,25-18-10-2)32(26-19-11-3,27-20-12-4)33(28-21-13-5,29-22-14-6)30-23-15-7;/h9-30H2,1-8H3;1H/q+1;/p-1. The normalized spacial score (nSPS) is 12.7. The van der Waals surface area contributed by atoms with Crippen LogP contribution in [0.15, 0.2) is 0 Å². The molecule has 0 aromatic carbocycles. The molecule has 0 unspecified atom stereocenters. The Balaban J connectivity index is 0. The first-order valence-corrected chi connectivity index (χ1v) is 15.8. The van der Waals surface area contributed by atoms with Gasteiger partial charge in [0.2, 0.25) is 0 Å². The maximum absolute atomic E-state index is 2.59. The van der Waals surface area contributed by atoms with Crippen LogP contribution in [0, 0.1) is 5.41 Å². The van der Waals surface area contributed by atoms with E-state index < -0.39 is 0 Å². The lowest BCUT2D eigenvalue weighted by molar-refractivity contribution is -0.987. The van der Waals surface area contributed by atoms with Crippen molar-refractivity contribution in [2.24, 2.45) is 5.41 Å². The average molecular weight is 547 g/mol. The number of nitrogens with zero attached hydrogens (tertiary/aromatic N) is 1. The summed E-state index contributed by atoms with van der Waals surface area (Å²) in [6.07, 6.45) is 26.7. The van der Waals surface area contributed by atoms with Crippen LogP contribution in [-0.2, 0) is 0 Å². The van der Waals surface area contributed by atoms with Crippen molar-refractivity contribution < 1.29 is 21.5 Å². The fraction of sp³-hybridized carbons (Fsp3) is 1.00. The lowest BCUT2D eigenvalue weighted by Crippen LogP contribution is -3.00. The Kier molecular flexibility index (Phi) is 23.2. The van der Waals surface area contributed by atoms with E-state index in [1.165, 1.54) is 146 Å². The molecule has 0 fully saturated rings. The minimum Gasteiger partial charge on any atom is -1.00 e. The van der Waals surface area contributed by atoms with E-state index in [0.29, 0.717) is 11.0 Å². The van der Waals surface area contributed by atoms with Crippen molar-refractivity contribution >= 4 is 0 Å². The number of hydrogen-bond acceptors (Lipinski definition) is 0. The van der Waals surface area contributed by atoms with E-state index in [9.17, 15) is 0 Å². The zero-order valence-corrected chi connectivity index (χ0v) is 27.0. The molecule has 0 aromatic rings. The molecule has 0 aromatic heterocycles. The second-order valence-electron chi connectivity index (χ2n) is 11.5. The van der Waals surface area contributed by atoms with Crippen molar-refractivity contribution in [3.63, 3.8) is 0 Å². The van der Waals surface area contributed by atoms with Gasteiger partial charge in [-0.1, -0.05) is 113 Å². The van der Waals surface area contributed by atoms with Crippen LogP contribution >= 0.6 is 0 Å². The van der Waals surface area contributed by atoms with Gasteiger partial charge in [0.05, 0.1) is 19.6 Å². The van der Waals surface area contributed by atoms with Gasteiger partial charge in [-0.05, 0) is 51.4 Å². The first-order valence-electron chi connectivity index (χ1n) is 15.8. The predicted octanol–water partition coefficient (Wildman–Crippen LogP) is 8.10. The summed E-state index contributed by atoms with van der Waals surface area (Å²) in [6.45, 7) is 23.9. The molecule has 208 valence electrons. The molecule has 0 aliphatic carbocycles. The summed E-state index contributed by atoms with van der Waals surface area (Å²) in [6, 6.07) is 0. The Bertz CT molecular complexity index is 395. The molecule has 2 heteroatoms. The molecule has 0 N–H and O–H groups in total. The number of unbranched alkanes of at least 4 members (excludes halogenated alkanes) is 7. The highest BCUT2D eigenvalue weighted by molar-refractivity contribution is 5.01. The molecule has 0 radical (unpaired) electrons. The van der Waals surface area contributed by atoms with Crippen molar-refractivity contribution in [3.05, 3.63) is 0 Å². The maximum Gasteiger partial charge on any atom is 0.105 e. The molecule has 0 aliphatic rings. The van der Waals surface area contributed by atoms with Gasteiger partial charge in [0.1, 0.15) is 5.54 Å². The summed E-state index contributed by atoms with van der Waals surface area (Å²) in [4.78, 5) is 0. The van der Waals surface area contributed by atoms with Crippen LogP contribution < -0.4 is 17.0 Å². The summed E-state index contributed by atoms with van der Waals surface area (Å²) in [5.41, 5.74) is 0.982. The molecule has 0 spiro atoms. The molecular formula is C32H68BrN. The quantitative estimate of drug-likeness (QED) is 0.107. The van der Waals surface area contributed by atoms with Gasteiger partial charge in [-0.25, -0.2) is 0 Å². The van der Waals surface area contributed by atoms with E-state index in [-0.39, 0.29) is 17.0 Å². The molecule has 0 amide bonds. The van der Waals surface area contributed by atoms with Crippen LogP contribution in [0.1, 0.15) is 177 Å². The smallest absolute Gasteiger partial charge is 0.105 e. The average Bonchev–Trinajstić information content (AvgIpc) is 2.85. The van der Waals surface area contributed by atoms with Gasteiger partial charge in [0, 0.05) is 18.3 Å². The fourth-order valence-electron chi connectivity index (χ4n) is 7.23. The third-order valence-corrected chi connectivity index (χ3v) is 9.30. The molecule has 1 nitrogen and oxygen atoms in total. The van der Waals surface area contributed by atoms with Crippen molar-refractivity contribution in [3.8, 4) is 0 Å². The number of quaternary nitrogens is 1. The van der Waals surface area contributed by atoms with Gasteiger partial charge in [-0.2, -0.15) is 0 Å². The lowest BCUT2D eigenvalue weighted by atomic mass is 9.56. The third-order valence-electron chi connectivity index (χ3n) is 9.30. The molecule has 0 bridgehead atoms. The van der Waals surface area contributed by atoms with E-state index in [4.69, 9.17) is 0 Å². The molecule has 0 saturated carbocycles. The van der Waals surface area contributed by atoms with Gasteiger partial charge in [-0.3, -0.25) is 0 Å². The van der Waals surface area contributed by atoms with E-state index in [1.807, 2.05) is 0 Å². The Morgan fingerprint density at radius 3 is 0.971 bits per heavy atom. The first-order chi connectivity index (χ1) is 16.0. The largest absolute Gasteiger partial charge is 1.00 e. The van der Waals surface area contributed by atoms with Gasteiger partial charge in [0.15, 0.2) is 0 Å². The maximum atomic E-state index is 2.59. The summed E-state index contributed by atoms with van der Waals surface area (Å²) < 4.78 is 1.46. The van der Waals surface area contributed by atoms with Crippen LogP contribution in [0.25, 0.3) is 0 Å². The van der Waals surface area contributed by atoms with Crippen molar-refractivity contribution in [2.75, 3.05) is 19.6 Å². The molecule has 0 saturated heterocycles. The second kappa shape index (κ2) is 21.5. The number of halogens is 1. The van der Waals surface area contributed by atoms with E-state index in [1.54, 1.807) is 0 Å². The van der Waals surface area contributed by atoms with E-state index in [2.05, 4.69) is 55.4 Å². The van der Waals surface area contributed by atoms with Gasteiger partial charge >= 0.3 is 0 Å². The van der Waals surface area contributed by atoms with Crippen LogP contribution in [0.5, 0.6) is 0 Å². The first kappa shape index (κ1) is 36.6. The number of rotatable bonds is 24. The van der Waals surface area contributed by atoms with Crippen LogP contribution in [0.3, 0.4) is 0 Å². The zero-order chi connectivity index (χ0) is 25.1. The van der Waals surface area contributed by atoms with E-state index >= 15 is 0 Å². The third kappa shape index (κ3) is 10.1. The Hall–Kier alpha value is 0.440. The fourth-order valence-corrected chi connectivity index (χ4v) is 7.23. The minimum absolute atomic E-state index is 0.